The van der Waals surface area contributed by atoms with E-state index in [0.29, 0.717) is 18.5 Å². The van der Waals surface area contributed by atoms with Crippen molar-refractivity contribution in [1.82, 2.24) is 5.32 Å². The largest absolute Gasteiger partial charge is 0.353 e. The predicted molar refractivity (Wildman–Crippen MR) is 78.9 cm³/mol. The van der Waals surface area contributed by atoms with Crippen molar-refractivity contribution >= 4 is 18.3 Å². The molecule has 1 amide bonds. The van der Waals surface area contributed by atoms with Gasteiger partial charge in [0.15, 0.2) is 0 Å². The van der Waals surface area contributed by atoms with E-state index in [0.717, 1.165) is 12.8 Å². The zero-order valence-electron chi connectivity index (χ0n) is 12.0. The van der Waals surface area contributed by atoms with Gasteiger partial charge in [-0.1, -0.05) is 26.7 Å². The van der Waals surface area contributed by atoms with Gasteiger partial charge in [0.25, 0.3) is 0 Å². The van der Waals surface area contributed by atoms with Gasteiger partial charge in [-0.2, -0.15) is 0 Å². The molecule has 0 aromatic carbocycles. The van der Waals surface area contributed by atoms with Crippen LogP contribution < -0.4 is 11.1 Å². The highest BCUT2D eigenvalue weighted by Gasteiger charge is 2.35. The van der Waals surface area contributed by atoms with Crippen LogP contribution in [0.25, 0.3) is 0 Å². The summed E-state index contributed by atoms with van der Waals surface area (Å²) in [5, 5.41) is 3.20. The Balaban J connectivity index is 0.00000289. The average Bonchev–Trinajstić information content (AvgIpc) is 2.85. The molecule has 1 fully saturated rings. The molecule has 0 spiro atoms. The molecule has 1 atom stereocenters. The summed E-state index contributed by atoms with van der Waals surface area (Å²) >= 11 is 0. The molecular weight excluding hydrogens is 248 g/mol. The molecular formula is C14H29ClN2O. The molecule has 0 aliphatic heterocycles. The van der Waals surface area contributed by atoms with Crippen molar-refractivity contribution in [3.8, 4) is 0 Å². The van der Waals surface area contributed by atoms with Crippen LogP contribution >= 0.6 is 12.4 Å². The minimum atomic E-state index is -0.354. The molecule has 0 heterocycles. The van der Waals surface area contributed by atoms with E-state index in [2.05, 4.69) is 26.1 Å². The number of hydrogen-bond donors (Lipinski definition) is 2. The van der Waals surface area contributed by atoms with E-state index < -0.39 is 0 Å². The molecule has 0 aromatic heterocycles. The van der Waals surface area contributed by atoms with E-state index >= 15 is 0 Å². The third-order valence-electron chi connectivity index (χ3n) is 4.69. The second-order valence-corrected chi connectivity index (χ2v) is 5.50. The van der Waals surface area contributed by atoms with Crippen LogP contribution in [0.1, 0.15) is 59.3 Å². The molecule has 108 valence electrons. The molecule has 4 heteroatoms. The molecule has 1 unspecified atom stereocenters. The maximum atomic E-state index is 12.3. The normalized spacial score (nSPS) is 18.2. The first kappa shape index (κ1) is 17.7. The van der Waals surface area contributed by atoms with Gasteiger partial charge in [-0.25, -0.2) is 0 Å². The van der Waals surface area contributed by atoms with Crippen LogP contribution in [-0.4, -0.2) is 18.5 Å². The number of carbonyl (C=O) groups excluding carboxylic acids is 1. The van der Waals surface area contributed by atoms with Crippen LogP contribution in [0.3, 0.4) is 0 Å². The van der Waals surface area contributed by atoms with E-state index in [1.807, 2.05) is 0 Å². The minimum absolute atomic E-state index is 0. The lowest BCUT2D eigenvalue weighted by Gasteiger charge is -2.31. The molecule has 0 aromatic rings. The van der Waals surface area contributed by atoms with E-state index in [9.17, 15) is 4.79 Å². The zero-order chi connectivity index (χ0) is 12.9. The monoisotopic (exact) mass is 276 g/mol. The molecule has 1 aliphatic rings. The molecule has 3 N–H and O–H groups in total. The quantitative estimate of drug-likeness (QED) is 0.784. The lowest BCUT2D eigenvalue weighted by molar-refractivity contribution is -0.132. The van der Waals surface area contributed by atoms with Gasteiger partial charge in [0.1, 0.15) is 0 Å². The zero-order valence-corrected chi connectivity index (χ0v) is 12.8. The van der Waals surface area contributed by atoms with Crippen LogP contribution in [0.2, 0.25) is 0 Å². The Hall–Kier alpha value is -0.280. The van der Waals surface area contributed by atoms with Crippen molar-refractivity contribution in [1.29, 1.82) is 0 Å². The summed E-state index contributed by atoms with van der Waals surface area (Å²) in [6, 6.07) is 0.300. The maximum absolute atomic E-state index is 12.3. The lowest BCUT2D eigenvalue weighted by Crippen LogP contribution is -2.49. The predicted octanol–water partition coefficient (Wildman–Crippen LogP) is 2.87. The third-order valence-corrected chi connectivity index (χ3v) is 4.69. The van der Waals surface area contributed by atoms with Gasteiger partial charge in [-0.3, -0.25) is 4.79 Å². The number of halogens is 1. The van der Waals surface area contributed by atoms with Crippen LogP contribution in [0.5, 0.6) is 0 Å². The van der Waals surface area contributed by atoms with Gasteiger partial charge in [0.2, 0.25) is 5.91 Å². The van der Waals surface area contributed by atoms with Gasteiger partial charge in [-0.15, -0.1) is 12.4 Å². The van der Waals surface area contributed by atoms with Crippen LogP contribution in [0.15, 0.2) is 0 Å². The summed E-state index contributed by atoms with van der Waals surface area (Å²) in [6.45, 7) is 6.69. The van der Waals surface area contributed by atoms with Gasteiger partial charge in [0.05, 0.1) is 5.41 Å². The molecule has 0 radical (unpaired) electrons. The fraction of sp³-hybridized carbons (Fsp3) is 0.929. The second kappa shape index (κ2) is 8.00. The van der Waals surface area contributed by atoms with Crippen molar-refractivity contribution < 1.29 is 4.79 Å². The molecule has 0 bridgehead atoms. The Morgan fingerprint density at radius 3 is 2.22 bits per heavy atom. The first-order valence-corrected chi connectivity index (χ1v) is 7.10. The summed E-state index contributed by atoms with van der Waals surface area (Å²) in [6.07, 6.45) is 6.79. The second-order valence-electron chi connectivity index (χ2n) is 5.50. The third kappa shape index (κ3) is 3.86. The Labute approximate surface area is 118 Å². The first-order chi connectivity index (χ1) is 8.09. The van der Waals surface area contributed by atoms with E-state index in [-0.39, 0.29) is 23.7 Å². The van der Waals surface area contributed by atoms with E-state index in [1.165, 1.54) is 25.7 Å². The van der Waals surface area contributed by atoms with Gasteiger partial charge >= 0.3 is 0 Å². The number of rotatable bonds is 6. The van der Waals surface area contributed by atoms with Gasteiger partial charge in [-0.05, 0) is 38.5 Å². The summed E-state index contributed by atoms with van der Waals surface area (Å²) in [5.74, 6) is 0.826. The summed E-state index contributed by atoms with van der Waals surface area (Å²) < 4.78 is 0. The summed E-state index contributed by atoms with van der Waals surface area (Å²) in [5.41, 5.74) is 5.44. The smallest absolute Gasteiger partial charge is 0.227 e. The number of nitrogens with two attached hydrogens (primary N) is 1. The van der Waals surface area contributed by atoms with Gasteiger partial charge < -0.3 is 11.1 Å². The Morgan fingerprint density at radius 2 is 1.83 bits per heavy atom. The van der Waals surface area contributed by atoms with Crippen molar-refractivity contribution in [3.05, 3.63) is 0 Å². The highest BCUT2D eigenvalue weighted by Crippen LogP contribution is 2.29. The Bertz CT molecular complexity index is 240. The minimum Gasteiger partial charge on any atom is -0.353 e. The van der Waals surface area contributed by atoms with Crippen LogP contribution in [0.4, 0.5) is 0 Å². The fourth-order valence-corrected chi connectivity index (χ4v) is 2.89. The van der Waals surface area contributed by atoms with Crippen LogP contribution in [-0.2, 0) is 4.79 Å². The SMILES string of the molecule is CCC(CC)(CN)C(=O)NC(C)C1CCCC1.Cl. The molecule has 0 saturated heterocycles. The van der Waals surface area contributed by atoms with Crippen molar-refractivity contribution in [2.45, 2.75) is 65.3 Å². The first-order valence-electron chi connectivity index (χ1n) is 7.10. The lowest BCUT2D eigenvalue weighted by atomic mass is 9.81. The molecule has 18 heavy (non-hydrogen) atoms. The molecule has 3 nitrogen and oxygen atoms in total. The number of amides is 1. The molecule has 1 saturated carbocycles. The molecule has 1 rings (SSSR count). The standard InChI is InChI=1S/C14H28N2O.ClH/c1-4-14(5-2,10-15)13(17)16-11(3)12-8-6-7-9-12;/h11-12H,4-10,15H2,1-3H3,(H,16,17);1H. The topological polar surface area (TPSA) is 55.1 Å². The fourth-order valence-electron chi connectivity index (χ4n) is 2.89. The number of hydrogen-bond acceptors (Lipinski definition) is 2. The Morgan fingerprint density at radius 1 is 1.33 bits per heavy atom. The Kier molecular flexibility index (Phi) is 7.88. The van der Waals surface area contributed by atoms with E-state index in [4.69, 9.17) is 5.73 Å². The van der Waals surface area contributed by atoms with Crippen molar-refractivity contribution in [2.24, 2.45) is 17.1 Å². The van der Waals surface area contributed by atoms with Gasteiger partial charge in [0, 0.05) is 12.6 Å². The van der Waals surface area contributed by atoms with E-state index in [1.54, 1.807) is 0 Å². The highest BCUT2D eigenvalue weighted by molar-refractivity contribution is 5.85. The maximum Gasteiger partial charge on any atom is 0.227 e. The summed E-state index contributed by atoms with van der Waals surface area (Å²) in [7, 11) is 0. The highest BCUT2D eigenvalue weighted by atomic mass is 35.5. The number of nitrogens with one attached hydrogen (secondary N) is 1. The number of carbonyl (C=O) groups is 1. The molecule has 1 aliphatic carbocycles. The average molecular weight is 277 g/mol. The van der Waals surface area contributed by atoms with Crippen molar-refractivity contribution in [3.63, 3.8) is 0 Å². The van der Waals surface area contributed by atoms with Crippen LogP contribution in [0, 0.1) is 11.3 Å². The summed E-state index contributed by atoms with van der Waals surface area (Å²) in [4.78, 5) is 12.3. The van der Waals surface area contributed by atoms with Crippen molar-refractivity contribution in [2.75, 3.05) is 6.54 Å².